The predicted octanol–water partition coefficient (Wildman–Crippen LogP) is 4.73. The highest BCUT2D eigenvalue weighted by Crippen LogP contribution is 2.33. The van der Waals surface area contributed by atoms with Crippen LogP contribution in [0.2, 0.25) is 0 Å². The van der Waals surface area contributed by atoms with Crippen LogP contribution >= 0.6 is 0 Å². The molecular formula is C24H19F4N5O3. The van der Waals surface area contributed by atoms with Crippen molar-refractivity contribution in [2.75, 3.05) is 5.32 Å². The Balaban J connectivity index is 1.70. The molecule has 4 rings (SSSR count). The summed E-state index contributed by atoms with van der Waals surface area (Å²) in [4.78, 5) is 32.3. The third-order valence-electron chi connectivity index (χ3n) is 5.25. The van der Waals surface area contributed by atoms with Crippen LogP contribution < -0.4 is 5.32 Å². The molecule has 1 unspecified atom stereocenters. The number of ether oxygens (including phenoxy) is 1. The van der Waals surface area contributed by atoms with E-state index in [2.05, 4.69) is 25.1 Å². The number of hydrogen-bond acceptors (Lipinski definition) is 6. The Labute approximate surface area is 201 Å². The largest absolute Gasteiger partial charge is 0.490 e. The molecule has 12 heteroatoms. The van der Waals surface area contributed by atoms with Gasteiger partial charge in [-0.2, -0.15) is 18.3 Å². The molecule has 0 aliphatic rings. The van der Waals surface area contributed by atoms with E-state index in [1.54, 1.807) is 48.0 Å². The van der Waals surface area contributed by atoms with E-state index in [1.807, 2.05) is 0 Å². The fourth-order valence-electron chi connectivity index (χ4n) is 3.51. The molecule has 1 amide bonds. The Kier molecular flexibility index (Phi) is 6.69. The Bertz CT molecular complexity index is 1450. The van der Waals surface area contributed by atoms with E-state index in [0.717, 1.165) is 0 Å². The van der Waals surface area contributed by atoms with Crippen LogP contribution in [0, 0.1) is 12.7 Å². The van der Waals surface area contributed by atoms with Gasteiger partial charge < -0.3 is 10.1 Å². The van der Waals surface area contributed by atoms with E-state index >= 15 is 0 Å². The van der Waals surface area contributed by atoms with Crippen molar-refractivity contribution in [1.82, 2.24) is 19.6 Å². The molecule has 3 heterocycles. The van der Waals surface area contributed by atoms with E-state index in [1.165, 1.54) is 25.3 Å². The van der Waals surface area contributed by atoms with Gasteiger partial charge in [0.25, 0.3) is 5.91 Å². The molecule has 1 atom stereocenters. The third-order valence-corrected chi connectivity index (χ3v) is 5.25. The number of pyridine rings is 1. The van der Waals surface area contributed by atoms with Gasteiger partial charge in [0.15, 0.2) is 11.8 Å². The number of nitrogens with one attached hydrogen (secondary N) is 1. The van der Waals surface area contributed by atoms with Crippen LogP contribution in [0.4, 0.5) is 23.4 Å². The lowest BCUT2D eigenvalue weighted by Gasteiger charge is -2.16. The molecule has 0 aliphatic carbocycles. The molecule has 0 aliphatic heterocycles. The second kappa shape index (κ2) is 9.72. The lowest BCUT2D eigenvalue weighted by Crippen LogP contribution is -2.37. The number of hydrogen-bond donors (Lipinski definition) is 1. The minimum absolute atomic E-state index is 0.00567. The smallest absolute Gasteiger partial charge is 0.446 e. The molecule has 3 aromatic heterocycles. The molecule has 186 valence electrons. The van der Waals surface area contributed by atoms with Gasteiger partial charge >= 0.3 is 12.1 Å². The summed E-state index contributed by atoms with van der Waals surface area (Å²) in [5.41, 5.74) is 3.09. The Morgan fingerprint density at radius 1 is 1.11 bits per heavy atom. The fourth-order valence-corrected chi connectivity index (χ4v) is 3.51. The summed E-state index contributed by atoms with van der Waals surface area (Å²) in [6.45, 7) is 3.03. The van der Waals surface area contributed by atoms with Gasteiger partial charge in [0.05, 0.1) is 5.69 Å². The van der Waals surface area contributed by atoms with Gasteiger partial charge in [-0.25, -0.2) is 23.7 Å². The number of aryl methyl sites for hydroxylation is 1. The lowest BCUT2D eigenvalue weighted by molar-refractivity contribution is -0.204. The first-order valence-corrected chi connectivity index (χ1v) is 10.7. The Morgan fingerprint density at radius 3 is 2.58 bits per heavy atom. The second-order valence-electron chi connectivity index (χ2n) is 7.79. The number of carbonyl (C=O) groups excluding carboxylic acids is 2. The highest BCUT2D eigenvalue weighted by molar-refractivity contribution is 5.95. The standard InChI is InChI=1S/C24H19F4N5O3/c1-3-17(36-23(35)24(26,27)28)22(34)31-18-12-15(8-10-29-18)21-20(14-6-7-16(25)13(2)11-14)32-19-5-4-9-30-33(19)21/h4-12,17H,3H2,1-2H3,(H,29,31,34). The number of amides is 1. The minimum Gasteiger partial charge on any atom is -0.446 e. The van der Waals surface area contributed by atoms with E-state index in [-0.39, 0.29) is 18.1 Å². The molecule has 8 nitrogen and oxygen atoms in total. The van der Waals surface area contributed by atoms with E-state index < -0.39 is 24.2 Å². The molecule has 1 aromatic carbocycles. The van der Waals surface area contributed by atoms with Crippen molar-refractivity contribution in [3.63, 3.8) is 0 Å². The van der Waals surface area contributed by atoms with Gasteiger partial charge in [-0.05, 0) is 61.4 Å². The quantitative estimate of drug-likeness (QED) is 0.303. The summed E-state index contributed by atoms with van der Waals surface area (Å²) in [6, 6.07) is 11.1. The van der Waals surface area contributed by atoms with Crippen molar-refractivity contribution in [2.24, 2.45) is 0 Å². The summed E-state index contributed by atoms with van der Waals surface area (Å²) >= 11 is 0. The number of esters is 1. The van der Waals surface area contributed by atoms with Gasteiger partial charge in [-0.3, -0.25) is 4.79 Å². The SMILES string of the molecule is CCC(OC(=O)C(F)(F)F)C(=O)Nc1cc(-c2c(-c3ccc(F)c(C)c3)nc3cccnn23)ccn1. The maximum absolute atomic E-state index is 13.9. The molecule has 0 bridgehead atoms. The zero-order valence-corrected chi connectivity index (χ0v) is 19.0. The second-order valence-corrected chi connectivity index (χ2v) is 7.79. The average molecular weight is 501 g/mol. The van der Waals surface area contributed by atoms with Crippen molar-refractivity contribution < 1.29 is 31.9 Å². The number of carbonyl (C=O) groups is 2. The summed E-state index contributed by atoms with van der Waals surface area (Å²) in [5, 5.41) is 6.72. The van der Waals surface area contributed by atoms with Crippen LogP contribution in [0.5, 0.6) is 0 Å². The molecular weight excluding hydrogens is 482 g/mol. The lowest BCUT2D eigenvalue weighted by atomic mass is 10.0. The molecule has 0 saturated carbocycles. The summed E-state index contributed by atoms with van der Waals surface area (Å²) in [7, 11) is 0. The van der Waals surface area contributed by atoms with Crippen LogP contribution in [0.25, 0.3) is 28.2 Å². The number of aromatic nitrogens is 4. The van der Waals surface area contributed by atoms with Crippen molar-refractivity contribution in [2.45, 2.75) is 32.5 Å². The van der Waals surface area contributed by atoms with Crippen molar-refractivity contribution in [1.29, 1.82) is 0 Å². The zero-order valence-electron chi connectivity index (χ0n) is 19.0. The normalized spacial score (nSPS) is 12.4. The topological polar surface area (TPSA) is 98.5 Å². The summed E-state index contributed by atoms with van der Waals surface area (Å²) in [6.07, 6.45) is -4.13. The maximum atomic E-state index is 13.9. The molecule has 0 fully saturated rings. The first-order chi connectivity index (χ1) is 17.1. The van der Waals surface area contributed by atoms with Gasteiger partial charge in [0.2, 0.25) is 0 Å². The monoisotopic (exact) mass is 501 g/mol. The number of rotatable bonds is 6. The number of imidazole rings is 1. The van der Waals surface area contributed by atoms with Crippen molar-refractivity contribution in [3.8, 4) is 22.5 Å². The highest BCUT2D eigenvalue weighted by Gasteiger charge is 2.43. The Hall–Kier alpha value is -4.35. The van der Waals surface area contributed by atoms with Crippen LogP contribution in [0.1, 0.15) is 18.9 Å². The van der Waals surface area contributed by atoms with Crippen LogP contribution in [-0.2, 0) is 14.3 Å². The van der Waals surface area contributed by atoms with Crippen LogP contribution in [0.15, 0.2) is 54.9 Å². The van der Waals surface area contributed by atoms with Crippen molar-refractivity contribution >= 4 is 23.3 Å². The van der Waals surface area contributed by atoms with E-state index in [0.29, 0.717) is 33.7 Å². The molecule has 0 spiro atoms. The highest BCUT2D eigenvalue weighted by atomic mass is 19.4. The zero-order chi connectivity index (χ0) is 26.0. The van der Waals surface area contributed by atoms with Crippen molar-refractivity contribution in [3.05, 3.63) is 66.2 Å². The molecule has 4 aromatic rings. The molecule has 1 N–H and O–H groups in total. The summed E-state index contributed by atoms with van der Waals surface area (Å²) < 4.78 is 57.4. The van der Waals surface area contributed by atoms with Gasteiger partial charge in [0, 0.05) is 23.5 Å². The van der Waals surface area contributed by atoms with Gasteiger partial charge in [0.1, 0.15) is 17.3 Å². The molecule has 36 heavy (non-hydrogen) atoms. The number of alkyl halides is 3. The number of halogens is 4. The van der Waals surface area contributed by atoms with Crippen LogP contribution in [-0.4, -0.2) is 43.7 Å². The predicted molar refractivity (Wildman–Crippen MR) is 121 cm³/mol. The Morgan fingerprint density at radius 2 is 1.89 bits per heavy atom. The number of nitrogens with zero attached hydrogens (tertiary/aromatic N) is 4. The first-order valence-electron chi connectivity index (χ1n) is 10.7. The number of anilines is 1. The summed E-state index contributed by atoms with van der Waals surface area (Å²) in [5.74, 6) is -3.79. The van der Waals surface area contributed by atoms with E-state index in [9.17, 15) is 27.2 Å². The number of fused-ring (bicyclic) bond motifs is 1. The third kappa shape index (κ3) is 5.02. The maximum Gasteiger partial charge on any atom is 0.490 e. The van der Waals surface area contributed by atoms with Gasteiger partial charge in [-0.15, -0.1) is 0 Å². The molecule has 0 radical (unpaired) electrons. The average Bonchev–Trinajstić information content (AvgIpc) is 3.23. The fraction of sp³-hybridized carbons (Fsp3) is 0.208. The first kappa shape index (κ1) is 24.8. The molecule has 0 saturated heterocycles. The number of benzene rings is 1. The van der Waals surface area contributed by atoms with Gasteiger partial charge in [-0.1, -0.05) is 6.92 Å². The van der Waals surface area contributed by atoms with E-state index in [4.69, 9.17) is 0 Å². The van der Waals surface area contributed by atoms with Crippen LogP contribution in [0.3, 0.4) is 0 Å². The minimum atomic E-state index is -5.23.